The van der Waals surface area contributed by atoms with Gasteiger partial charge in [-0.15, -0.1) is 0 Å². The molecule has 0 spiro atoms. The first-order chi connectivity index (χ1) is 8.20. The molecule has 0 saturated heterocycles. The van der Waals surface area contributed by atoms with E-state index in [0.717, 1.165) is 29.6 Å². The number of nitrogens with one attached hydrogen (secondary N) is 1. The van der Waals surface area contributed by atoms with Gasteiger partial charge < -0.3 is 5.32 Å². The first-order valence-electron chi connectivity index (χ1n) is 7.91. The Kier molecular flexibility index (Phi) is 4.90. The van der Waals surface area contributed by atoms with E-state index in [1.165, 1.54) is 51.6 Å². The van der Waals surface area contributed by atoms with Crippen molar-refractivity contribution in [1.29, 1.82) is 0 Å². The van der Waals surface area contributed by atoms with Gasteiger partial charge in [0.25, 0.3) is 0 Å². The Bertz CT molecular complexity index is 220. The van der Waals surface area contributed by atoms with E-state index >= 15 is 0 Å². The fraction of sp³-hybridized carbons (Fsp3) is 1.00. The van der Waals surface area contributed by atoms with Crippen molar-refractivity contribution in [3.63, 3.8) is 0 Å². The SMILES string of the molecule is CCC1CCC(CNCC(C)C)C(C2CC2)C1. The van der Waals surface area contributed by atoms with Crippen molar-refractivity contribution >= 4 is 0 Å². The monoisotopic (exact) mass is 237 g/mol. The van der Waals surface area contributed by atoms with E-state index in [2.05, 4.69) is 26.1 Å². The van der Waals surface area contributed by atoms with Crippen LogP contribution in [0, 0.1) is 29.6 Å². The van der Waals surface area contributed by atoms with Crippen molar-refractivity contribution in [2.24, 2.45) is 29.6 Å². The molecular weight excluding hydrogens is 206 g/mol. The number of rotatable bonds is 6. The van der Waals surface area contributed by atoms with Gasteiger partial charge in [-0.05, 0) is 68.4 Å². The average molecular weight is 237 g/mol. The molecule has 1 nitrogen and oxygen atoms in total. The molecule has 0 aromatic carbocycles. The molecule has 3 atom stereocenters. The van der Waals surface area contributed by atoms with Gasteiger partial charge in [-0.2, -0.15) is 0 Å². The fourth-order valence-corrected chi connectivity index (χ4v) is 3.64. The van der Waals surface area contributed by atoms with Crippen LogP contribution in [0.1, 0.15) is 59.3 Å². The molecule has 0 radical (unpaired) electrons. The molecule has 0 aliphatic heterocycles. The van der Waals surface area contributed by atoms with Crippen LogP contribution in [0.4, 0.5) is 0 Å². The maximum Gasteiger partial charge on any atom is -0.00176 e. The highest BCUT2D eigenvalue weighted by Gasteiger charge is 2.39. The predicted octanol–water partition coefficient (Wildman–Crippen LogP) is 4.08. The highest BCUT2D eigenvalue weighted by Crippen LogP contribution is 2.48. The fourth-order valence-electron chi connectivity index (χ4n) is 3.64. The van der Waals surface area contributed by atoms with E-state index in [4.69, 9.17) is 0 Å². The Balaban J connectivity index is 1.78. The summed E-state index contributed by atoms with van der Waals surface area (Å²) < 4.78 is 0. The molecule has 1 N–H and O–H groups in total. The summed E-state index contributed by atoms with van der Waals surface area (Å²) in [7, 11) is 0. The molecule has 2 aliphatic carbocycles. The Labute approximate surface area is 108 Å². The van der Waals surface area contributed by atoms with E-state index in [0.29, 0.717) is 0 Å². The quantitative estimate of drug-likeness (QED) is 0.734. The summed E-state index contributed by atoms with van der Waals surface area (Å²) >= 11 is 0. The Morgan fingerprint density at radius 3 is 2.47 bits per heavy atom. The zero-order chi connectivity index (χ0) is 12.3. The molecule has 2 rings (SSSR count). The van der Waals surface area contributed by atoms with Gasteiger partial charge in [0.15, 0.2) is 0 Å². The third-order valence-electron chi connectivity index (χ3n) is 4.92. The molecule has 1 heteroatoms. The maximum absolute atomic E-state index is 3.70. The van der Waals surface area contributed by atoms with E-state index < -0.39 is 0 Å². The van der Waals surface area contributed by atoms with Crippen LogP contribution in [-0.4, -0.2) is 13.1 Å². The van der Waals surface area contributed by atoms with E-state index in [9.17, 15) is 0 Å². The van der Waals surface area contributed by atoms with Crippen LogP contribution < -0.4 is 5.32 Å². The Morgan fingerprint density at radius 1 is 1.12 bits per heavy atom. The van der Waals surface area contributed by atoms with Crippen molar-refractivity contribution < 1.29 is 0 Å². The zero-order valence-corrected chi connectivity index (χ0v) is 12.0. The minimum Gasteiger partial charge on any atom is -0.316 e. The normalized spacial score (nSPS) is 34.2. The highest BCUT2D eigenvalue weighted by molar-refractivity contribution is 4.90. The first-order valence-corrected chi connectivity index (χ1v) is 7.91. The smallest absolute Gasteiger partial charge is 0.00176 e. The van der Waals surface area contributed by atoms with Crippen molar-refractivity contribution in [2.45, 2.75) is 59.3 Å². The summed E-state index contributed by atoms with van der Waals surface area (Å²) in [6.45, 7) is 9.48. The second-order valence-corrected chi connectivity index (χ2v) is 6.90. The number of hydrogen-bond donors (Lipinski definition) is 1. The lowest BCUT2D eigenvalue weighted by Crippen LogP contribution is -2.35. The standard InChI is InChI=1S/C16H31N/c1-4-13-5-6-15(11-17-10-12(2)3)16(9-13)14-7-8-14/h12-17H,4-11H2,1-3H3. The van der Waals surface area contributed by atoms with Crippen LogP contribution >= 0.6 is 0 Å². The van der Waals surface area contributed by atoms with Gasteiger partial charge >= 0.3 is 0 Å². The van der Waals surface area contributed by atoms with Crippen molar-refractivity contribution in [3.05, 3.63) is 0 Å². The van der Waals surface area contributed by atoms with E-state index in [-0.39, 0.29) is 0 Å². The molecule has 17 heavy (non-hydrogen) atoms. The lowest BCUT2D eigenvalue weighted by molar-refractivity contribution is 0.151. The lowest BCUT2D eigenvalue weighted by Gasteiger charge is -2.36. The van der Waals surface area contributed by atoms with Gasteiger partial charge in [0.2, 0.25) is 0 Å². The number of hydrogen-bond acceptors (Lipinski definition) is 1. The molecule has 0 aromatic rings. The topological polar surface area (TPSA) is 12.0 Å². The summed E-state index contributed by atoms with van der Waals surface area (Å²) in [4.78, 5) is 0. The van der Waals surface area contributed by atoms with Crippen LogP contribution in [-0.2, 0) is 0 Å². The van der Waals surface area contributed by atoms with Gasteiger partial charge in [0.05, 0.1) is 0 Å². The van der Waals surface area contributed by atoms with Crippen LogP contribution in [0.5, 0.6) is 0 Å². The van der Waals surface area contributed by atoms with Crippen LogP contribution in [0.3, 0.4) is 0 Å². The third-order valence-corrected chi connectivity index (χ3v) is 4.92. The molecule has 2 fully saturated rings. The highest BCUT2D eigenvalue weighted by atomic mass is 14.9. The molecule has 100 valence electrons. The van der Waals surface area contributed by atoms with E-state index in [1.54, 1.807) is 0 Å². The first kappa shape index (κ1) is 13.4. The second-order valence-electron chi connectivity index (χ2n) is 6.90. The van der Waals surface area contributed by atoms with Crippen LogP contribution in [0.25, 0.3) is 0 Å². The van der Waals surface area contributed by atoms with E-state index in [1.807, 2.05) is 0 Å². The zero-order valence-electron chi connectivity index (χ0n) is 12.0. The Hall–Kier alpha value is -0.0400. The van der Waals surface area contributed by atoms with Gasteiger partial charge in [-0.25, -0.2) is 0 Å². The molecular formula is C16H31N. The summed E-state index contributed by atoms with van der Waals surface area (Å²) in [6, 6.07) is 0. The summed E-state index contributed by atoms with van der Waals surface area (Å²) in [5.41, 5.74) is 0. The Morgan fingerprint density at radius 2 is 1.88 bits per heavy atom. The van der Waals surface area contributed by atoms with Crippen molar-refractivity contribution in [1.82, 2.24) is 5.32 Å². The predicted molar refractivity (Wildman–Crippen MR) is 75.0 cm³/mol. The second kappa shape index (κ2) is 6.22. The summed E-state index contributed by atoms with van der Waals surface area (Å²) in [5.74, 6) is 5.00. The van der Waals surface area contributed by atoms with Gasteiger partial charge in [-0.3, -0.25) is 0 Å². The molecule has 3 unspecified atom stereocenters. The largest absolute Gasteiger partial charge is 0.316 e. The van der Waals surface area contributed by atoms with Gasteiger partial charge in [0.1, 0.15) is 0 Å². The minimum absolute atomic E-state index is 0.793. The molecule has 2 aliphatic rings. The molecule has 0 heterocycles. The maximum atomic E-state index is 3.70. The molecule has 0 amide bonds. The molecule has 0 bridgehead atoms. The van der Waals surface area contributed by atoms with Crippen LogP contribution in [0.15, 0.2) is 0 Å². The summed E-state index contributed by atoms with van der Waals surface area (Å²) in [5, 5.41) is 3.70. The molecule has 2 saturated carbocycles. The van der Waals surface area contributed by atoms with Crippen molar-refractivity contribution in [3.8, 4) is 0 Å². The molecule has 0 aromatic heterocycles. The summed E-state index contributed by atoms with van der Waals surface area (Å²) in [6.07, 6.45) is 8.99. The van der Waals surface area contributed by atoms with Gasteiger partial charge in [-0.1, -0.05) is 33.6 Å². The van der Waals surface area contributed by atoms with Gasteiger partial charge in [0, 0.05) is 0 Å². The van der Waals surface area contributed by atoms with Crippen LogP contribution in [0.2, 0.25) is 0 Å². The third kappa shape index (κ3) is 3.98. The minimum atomic E-state index is 0.793. The van der Waals surface area contributed by atoms with Crippen molar-refractivity contribution in [2.75, 3.05) is 13.1 Å². The lowest BCUT2D eigenvalue weighted by atomic mass is 9.71. The average Bonchev–Trinajstić information content (AvgIpc) is 3.13.